The molecule has 0 radical (unpaired) electrons. The molecule has 0 spiro atoms. The van der Waals surface area contributed by atoms with E-state index in [1.165, 1.54) is 6.92 Å². The van der Waals surface area contributed by atoms with Crippen LogP contribution in [-0.4, -0.2) is 11.8 Å². The molecule has 26 heavy (non-hydrogen) atoms. The van der Waals surface area contributed by atoms with Gasteiger partial charge in [0.2, 0.25) is 0 Å². The summed E-state index contributed by atoms with van der Waals surface area (Å²) in [7, 11) is 0. The molecule has 3 aromatic carbocycles. The molecule has 0 aromatic heterocycles. The molecule has 0 heterocycles. The van der Waals surface area contributed by atoms with Gasteiger partial charge in [-0.15, -0.1) is 0 Å². The van der Waals surface area contributed by atoms with Crippen LogP contribution in [0.3, 0.4) is 0 Å². The summed E-state index contributed by atoms with van der Waals surface area (Å²) in [5.41, 5.74) is 2.06. The van der Waals surface area contributed by atoms with Crippen LogP contribution in [0.4, 0.5) is 0 Å². The second-order valence-electron chi connectivity index (χ2n) is 6.43. The third-order valence-corrected chi connectivity index (χ3v) is 4.58. The fourth-order valence-electron chi connectivity index (χ4n) is 3.13. The Hall–Kier alpha value is -2.94. The molecule has 3 rings (SSSR count). The Kier molecular flexibility index (Phi) is 5.80. The van der Waals surface area contributed by atoms with Crippen LogP contribution >= 0.6 is 0 Å². The van der Waals surface area contributed by atoms with Gasteiger partial charge >= 0.3 is 5.97 Å². The summed E-state index contributed by atoms with van der Waals surface area (Å²) in [6.07, 6.45) is 1.11. The number of ketones is 1. The minimum absolute atomic E-state index is 0.150. The molecule has 0 N–H and O–H groups in total. The van der Waals surface area contributed by atoms with Gasteiger partial charge < -0.3 is 4.74 Å². The summed E-state index contributed by atoms with van der Waals surface area (Å²) in [4.78, 5) is 24.4. The number of hydrogen-bond donors (Lipinski definition) is 0. The van der Waals surface area contributed by atoms with E-state index in [1.54, 1.807) is 0 Å². The predicted octanol–water partition coefficient (Wildman–Crippen LogP) is 4.72. The molecule has 1 atom stereocenters. The van der Waals surface area contributed by atoms with Crippen LogP contribution < -0.4 is 0 Å². The fourth-order valence-corrected chi connectivity index (χ4v) is 3.13. The van der Waals surface area contributed by atoms with E-state index in [0.717, 1.165) is 21.9 Å². The average Bonchev–Trinajstić information content (AvgIpc) is 2.67. The molecule has 0 fully saturated rings. The highest BCUT2D eigenvalue weighted by molar-refractivity contribution is 5.97. The van der Waals surface area contributed by atoms with Gasteiger partial charge in [-0.3, -0.25) is 9.59 Å². The summed E-state index contributed by atoms with van der Waals surface area (Å²) in [5.74, 6) is -1.32. The second-order valence-corrected chi connectivity index (χ2v) is 6.43. The largest absolute Gasteiger partial charge is 0.460 e. The van der Waals surface area contributed by atoms with E-state index < -0.39 is 11.9 Å². The summed E-state index contributed by atoms with van der Waals surface area (Å²) < 4.78 is 5.37. The van der Waals surface area contributed by atoms with E-state index >= 15 is 0 Å². The molecular weight excluding hydrogens is 324 g/mol. The van der Waals surface area contributed by atoms with Gasteiger partial charge in [0, 0.05) is 0 Å². The highest BCUT2D eigenvalue weighted by Gasteiger charge is 2.25. The van der Waals surface area contributed by atoms with Gasteiger partial charge in [0.15, 0.2) is 0 Å². The lowest BCUT2D eigenvalue weighted by molar-refractivity contribution is -0.153. The van der Waals surface area contributed by atoms with Crippen LogP contribution in [0, 0.1) is 5.92 Å². The van der Waals surface area contributed by atoms with E-state index in [-0.39, 0.29) is 12.4 Å². The van der Waals surface area contributed by atoms with Crippen molar-refractivity contribution in [2.24, 2.45) is 5.92 Å². The fraction of sp³-hybridized carbons (Fsp3) is 0.217. The van der Waals surface area contributed by atoms with Crippen molar-refractivity contribution in [1.82, 2.24) is 0 Å². The maximum Gasteiger partial charge on any atom is 0.316 e. The lowest BCUT2D eigenvalue weighted by atomic mass is 9.94. The average molecular weight is 346 g/mol. The molecule has 0 aliphatic carbocycles. The van der Waals surface area contributed by atoms with Crippen LogP contribution in [0.15, 0.2) is 72.8 Å². The number of fused-ring (bicyclic) bond motifs is 1. The maximum atomic E-state index is 12.4. The van der Waals surface area contributed by atoms with Crippen molar-refractivity contribution in [3.8, 4) is 0 Å². The van der Waals surface area contributed by atoms with Crippen LogP contribution in [0.2, 0.25) is 0 Å². The smallest absolute Gasteiger partial charge is 0.316 e. The summed E-state index contributed by atoms with van der Waals surface area (Å²) in [5, 5.41) is 2.32. The SMILES string of the molecule is CC(=O)C(CCc1cccc2ccccc12)C(=O)OCc1ccccc1. The van der Waals surface area contributed by atoms with Crippen LogP contribution in [0.25, 0.3) is 10.8 Å². The lowest BCUT2D eigenvalue weighted by Gasteiger charge is -2.14. The number of carbonyl (C=O) groups is 2. The van der Waals surface area contributed by atoms with E-state index in [1.807, 2.05) is 48.5 Å². The van der Waals surface area contributed by atoms with Gasteiger partial charge in [-0.05, 0) is 41.7 Å². The molecule has 0 aliphatic heterocycles. The molecule has 0 bridgehead atoms. The number of Topliss-reactive ketones (excluding diaryl/α,β-unsaturated/α-hetero) is 1. The zero-order valence-electron chi connectivity index (χ0n) is 14.9. The second kappa shape index (κ2) is 8.43. The van der Waals surface area contributed by atoms with Crippen LogP contribution in [0.1, 0.15) is 24.5 Å². The first-order chi connectivity index (χ1) is 12.6. The van der Waals surface area contributed by atoms with Gasteiger partial charge in [0.1, 0.15) is 18.3 Å². The molecular formula is C23H22O3. The Bertz CT molecular complexity index is 894. The topological polar surface area (TPSA) is 43.4 Å². The summed E-state index contributed by atoms with van der Waals surface area (Å²) in [6.45, 7) is 1.65. The van der Waals surface area contributed by atoms with Gasteiger partial charge in [0.25, 0.3) is 0 Å². The first kappa shape index (κ1) is 17.9. The van der Waals surface area contributed by atoms with Gasteiger partial charge in [-0.2, -0.15) is 0 Å². The minimum Gasteiger partial charge on any atom is -0.460 e. The van der Waals surface area contributed by atoms with Crippen molar-refractivity contribution in [3.63, 3.8) is 0 Å². The predicted molar refractivity (Wildman–Crippen MR) is 103 cm³/mol. The van der Waals surface area contributed by atoms with Gasteiger partial charge in [-0.1, -0.05) is 72.8 Å². The Morgan fingerprint density at radius 3 is 2.35 bits per heavy atom. The van der Waals surface area contributed by atoms with Crippen LogP contribution in [0.5, 0.6) is 0 Å². The first-order valence-corrected chi connectivity index (χ1v) is 8.83. The molecule has 3 aromatic rings. The molecule has 132 valence electrons. The molecule has 3 nitrogen and oxygen atoms in total. The summed E-state index contributed by atoms with van der Waals surface area (Å²) >= 11 is 0. The number of carbonyl (C=O) groups excluding carboxylic acids is 2. The van der Waals surface area contributed by atoms with Gasteiger partial charge in [0.05, 0.1) is 0 Å². The number of hydrogen-bond acceptors (Lipinski definition) is 3. The number of benzene rings is 3. The number of esters is 1. The van der Waals surface area contributed by atoms with Crippen molar-refractivity contribution in [2.45, 2.75) is 26.4 Å². The zero-order chi connectivity index (χ0) is 18.4. The molecule has 0 saturated heterocycles. The molecule has 0 aliphatic rings. The highest BCUT2D eigenvalue weighted by atomic mass is 16.5. The normalized spacial score (nSPS) is 11.9. The van der Waals surface area contributed by atoms with Crippen molar-refractivity contribution in [3.05, 3.63) is 83.9 Å². The quantitative estimate of drug-likeness (QED) is 0.459. The number of aryl methyl sites for hydroxylation is 1. The minimum atomic E-state index is -0.724. The maximum absolute atomic E-state index is 12.4. The molecule has 0 saturated carbocycles. The van der Waals surface area contributed by atoms with E-state index in [2.05, 4.69) is 24.3 Å². The van der Waals surface area contributed by atoms with Gasteiger partial charge in [-0.25, -0.2) is 0 Å². The van der Waals surface area contributed by atoms with E-state index in [9.17, 15) is 9.59 Å². The molecule has 1 unspecified atom stereocenters. The monoisotopic (exact) mass is 346 g/mol. The zero-order valence-corrected chi connectivity index (χ0v) is 14.9. The Morgan fingerprint density at radius 2 is 1.58 bits per heavy atom. The number of ether oxygens (including phenoxy) is 1. The van der Waals surface area contributed by atoms with Crippen molar-refractivity contribution < 1.29 is 14.3 Å². The van der Waals surface area contributed by atoms with E-state index in [0.29, 0.717) is 12.8 Å². The first-order valence-electron chi connectivity index (χ1n) is 8.83. The Morgan fingerprint density at radius 1 is 0.885 bits per heavy atom. The lowest BCUT2D eigenvalue weighted by Crippen LogP contribution is -2.25. The third kappa shape index (κ3) is 4.37. The van der Waals surface area contributed by atoms with Crippen molar-refractivity contribution in [2.75, 3.05) is 0 Å². The molecule has 0 amide bonds. The number of rotatable bonds is 7. The Labute approximate surface area is 153 Å². The molecule has 3 heteroatoms. The van der Waals surface area contributed by atoms with Crippen molar-refractivity contribution in [1.29, 1.82) is 0 Å². The van der Waals surface area contributed by atoms with E-state index in [4.69, 9.17) is 4.74 Å². The highest BCUT2D eigenvalue weighted by Crippen LogP contribution is 2.22. The van der Waals surface area contributed by atoms with Crippen molar-refractivity contribution >= 4 is 22.5 Å². The summed E-state index contributed by atoms with van der Waals surface area (Å²) in [6, 6.07) is 23.8. The third-order valence-electron chi connectivity index (χ3n) is 4.58. The Balaban J connectivity index is 1.66. The standard InChI is InChI=1S/C23H22O3/c1-17(24)21(23(25)26-16-18-8-3-2-4-9-18)15-14-20-12-7-11-19-10-5-6-13-22(19)20/h2-13,21H,14-16H2,1H3. The van der Waals surface area contributed by atoms with Crippen LogP contribution in [-0.2, 0) is 27.4 Å².